The highest BCUT2D eigenvalue weighted by molar-refractivity contribution is 5.02. The summed E-state index contributed by atoms with van der Waals surface area (Å²) in [5, 5.41) is 40.0. The summed E-state index contributed by atoms with van der Waals surface area (Å²) in [6.07, 6.45) is -9.29. The Bertz CT molecular complexity index is 624. The van der Waals surface area contributed by atoms with Gasteiger partial charge in [-0.25, -0.2) is 4.39 Å². The fourth-order valence-electron chi connectivity index (χ4n) is 4.33. The van der Waals surface area contributed by atoms with Crippen LogP contribution in [0.25, 0.3) is 0 Å². The first-order chi connectivity index (χ1) is 15.0. The summed E-state index contributed by atoms with van der Waals surface area (Å²) in [4.78, 5) is 0. The van der Waals surface area contributed by atoms with Crippen molar-refractivity contribution in [3.05, 3.63) is 0 Å². The van der Waals surface area contributed by atoms with Gasteiger partial charge in [0.1, 0.15) is 24.4 Å². The quantitative estimate of drug-likeness (QED) is 0.166. The Labute approximate surface area is 184 Å². The monoisotopic (exact) mass is 469 g/mol. The van der Waals surface area contributed by atoms with Crippen LogP contribution < -0.4 is 28.7 Å². The Morgan fingerprint density at radius 3 is 2.19 bits per heavy atom. The highest BCUT2D eigenvalue weighted by Crippen LogP contribution is 2.34. The predicted octanol–water partition coefficient (Wildman–Crippen LogP) is -4.97. The molecule has 2 heterocycles. The molecular formula is C18H36FN5O8. The summed E-state index contributed by atoms with van der Waals surface area (Å²) in [5.41, 5.74) is 29.5. The molecule has 32 heavy (non-hydrogen) atoms. The van der Waals surface area contributed by atoms with Crippen molar-refractivity contribution in [2.45, 2.75) is 98.5 Å². The van der Waals surface area contributed by atoms with Crippen LogP contribution in [-0.2, 0) is 18.9 Å². The van der Waals surface area contributed by atoms with Crippen LogP contribution >= 0.6 is 0 Å². The van der Waals surface area contributed by atoms with E-state index in [0.717, 1.165) is 0 Å². The van der Waals surface area contributed by atoms with Gasteiger partial charge < -0.3 is 68.0 Å². The second kappa shape index (κ2) is 10.4. The molecule has 0 unspecified atom stereocenters. The number of halogens is 1. The molecule has 3 fully saturated rings. The Morgan fingerprint density at radius 2 is 1.59 bits per heavy atom. The van der Waals surface area contributed by atoms with E-state index in [9.17, 15) is 20.4 Å². The first-order valence-corrected chi connectivity index (χ1v) is 10.7. The minimum absolute atomic E-state index is 0.0761. The van der Waals surface area contributed by atoms with Crippen LogP contribution in [0.2, 0.25) is 0 Å². The zero-order valence-electron chi connectivity index (χ0n) is 17.7. The first-order valence-electron chi connectivity index (χ1n) is 10.7. The molecule has 0 bridgehead atoms. The summed E-state index contributed by atoms with van der Waals surface area (Å²) in [5.74, 6) is -2.89. The smallest absolute Gasteiger partial charge is 0.234 e. The second-order valence-electron chi connectivity index (χ2n) is 8.80. The van der Waals surface area contributed by atoms with Gasteiger partial charge in [-0.05, 0) is 19.3 Å². The van der Waals surface area contributed by atoms with E-state index in [1.165, 1.54) is 0 Å². The Hall–Kier alpha value is -0.590. The van der Waals surface area contributed by atoms with E-state index in [-0.39, 0.29) is 19.1 Å². The van der Waals surface area contributed by atoms with Gasteiger partial charge in [0.25, 0.3) is 0 Å². The van der Waals surface area contributed by atoms with Gasteiger partial charge >= 0.3 is 0 Å². The first kappa shape index (κ1) is 26.0. The van der Waals surface area contributed by atoms with Crippen LogP contribution in [0.3, 0.4) is 0 Å². The molecule has 13 nitrogen and oxygen atoms in total. The molecule has 1 aliphatic carbocycles. The SMILES string of the molecule is NC[C@@H]1CC[C@@H](N)[C@@H](O[C@H]2[C@@H](F)[C@@H](O[C@H]3O[C@H](CO)[C@@H](O)[C@H](N)C3(O)O)[C@H](N)C[C@@H]2N)O1. The van der Waals surface area contributed by atoms with Gasteiger partial charge in [-0.2, -0.15) is 0 Å². The minimum atomic E-state index is -2.89. The summed E-state index contributed by atoms with van der Waals surface area (Å²) in [6.45, 7) is -0.429. The second-order valence-corrected chi connectivity index (χ2v) is 8.80. The van der Waals surface area contributed by atoms with Crippen LogP contribution in [0.1, 0.15) is 19.3 Å². The summed E-state index contributed by atoms with van der Waals surface area (Å²) < 4.78 is 37.8. The van der Waals surface area contributed by atoms with E-state index in [4.69, 9.17) is 47.6 Å². The number of hydrogen-bond donors (Lipinski definition) is 9. The van der Waals surface area contributed by atoms with E-state index >= 15 is 4.39 Å². The molecule has 2 aliphatic heterocycles. The van der Waals surface area contributed by atoms with Gasteiger partial charge in [0, 0.05) is 18.6 Å². The molecule has 12 atom stereocenters. The molecular weight excluding hydrogens is 433 g/mol. The van der Waals surface area contributed by atoms with E-state index < -0.39 is 79.7 Å². The number of hydrogen-bond acceptors (Lipinski definition) is 13. The molecule has 0 spiro atoms. The molecule has 3 rings (SSSR count). The molecule has 188 valence electrons. The fourth-order valence-corrected chi connectivity index (χ4v) is 4.33. The van der Waals surface area contributed by atoms with Gasteiger partial charge in [0.05, 0.1) is 24.8 Å². The highest BCUT2D eigenvalue weighted by atomic mass is 19.1. The number of rotatable bonds is 6. The van der Waals surface area contributed by atoms with Crippen molar-refractivity contribution >= 4 is 0 Å². The molecule has 14 N–H and O–H groups in total. The maximum absolute atomic E-state index is 15.6. The largest absolute Gasteiger partial charge is 0.394 e. The van der Waals surface area contributed by atoms with Crippen molar-refractivity contribution in [1.82, 2.24) is 0 Å². The fraction of sp³-hybridized carbons (Fsp3) is 1.00. The minimum Gasteiger partial charge on any atom is -0.394 e. The molecule has 0 radical (unpaired) electrons. The molecule has 0 amide bonds. The average molecular weight is 470 g/mol. The number of aliphatic hydroxyl groups excluding tert-OH is 2. The summed E-state index contributed by atoms with van der Waals surface area (Å²) >= 11 is 0. The predicted molar refractivity (Wildman–Crippen MR) is 107 cm³/mol. The van der Waals surface area contributed by atoms with Crippen LogP contribution in [0.5, 0.6) is 0 Å². The number of alkyl halides is 1. The van der Waals surface area contributed by atoms with Crippen molar-refractivity contribution in [2.24, 2.45) is 28.7 Å². The van der Waals surface area contributed by atoms with Gasteiger partial charge in [-0.1, -0.05) is 0 Å². The van der Waals surface area contributed by atoms with Crippen molar-refractivity contribution in [2.75, 3.05) is 13.2 Å². The average Bonchev–Trinajstić information content (AvgIpc) is 2.75. The van der Waals surface area contributed by atoms with E-state index in [1.54, 1.807) is 0 Å². The lowest BCUT2D eigenvalue weighted by molar-refractivity contribution is -0.392. The van der Waals surface area contributed by atoms with E-state index in [1.807, 2.05) is 0 Å². The summed E-state index contributed by atoms with van der Waals surface area (Å²) in [6, 6.07) is -3.94. The van der Waals surface area contributed by atoms with Gasteiger partial charge in [-0.15, -0.1) is 0 Å². The third-order valence-corrected chi connectivity index (χ3v) is 6.41. The number of ether oxygens (including phenoxy) is 4. The maximum atomic E-state index is 15.6. The zero-order chi connectivity index (χ0) is 23.8. The number of aliphatic hydroxyl groups is 4. The Kier molecular flexibility index (Phi) is 8.42. The molecule has 0 aromatic rings. The third-order valence-electron chi connectivity index (χ3n) is 6.41. The van der Waals surface area contributed by atoms with Crippen molar-refractivity contribution in [3.63, 3.8) is 0 Å². The summed E-state index contributed by atoms with van der Waals surface area (Å²) in [7, 11) is 0. The van der Waals surface area contributed by atoms with Crippen LogP contribution in [0.15, 0.2) is 0 Å². The van der Waals surface area contributed by atoms with E-state index in [2.05, 4.69) is 0 Å². The molecule has 0 aromatic carbocycles. The molecule has 1 saturated carbocycles. The molecule has 0 aromatic heterocycles. The lowest BCUT2D eigenvalue weighted by Gasteiger charge is -2.49. The third kappa shape index (κ3) is 5.07. The molecule has 14 heteroatoms. The maximum Gasteiger partial charge on any atom is 0.234 e. The van der Waals surface area contributed by atoms with Crippen molar-refractivity contribution in [1.29, 1.82) is 0 Å². The normalized spacial score (nSPS) is 49.7. The Morgan fingerprint density at radius 1 is 0.969 bits per heavy atom. The Balaban J connectivity index is 1.73. The van der Waals surface area contributed by atoms with Gasteiger partial charge in [-0.3, -0.25) is 0 Å². The van der Waals surface area contributed by atoms with Crippen molar-refractivity contribution in [3.8, 4) is 0 Å². The zero-order valence-corrected chi connectivity index (χ0v) is 17.7. The van der Waals surface area contributed by atoms with Crippen LogP contribution in [0.4, 0.5) is 4.39 Å². The van der Waals surface area contributed by atoms with Crippen LogP contribution in [-0.4, -0.2) is 113 Å². The van der Waals surface area contributed by atoms with Gasteiger partial charge in [0.2, 0.25) is 12.1 Å². The lowest BCUT2D eigenvalue weighted by atomic mass is 9.85. The molecule has 3 aliphatic rings. The van der Waals surface area contributed by atoms with Crippen LogP contribution in [0, 0.1) is 0 Å². The van der Waals surface area contributed by atoms with Crippen molar-refractivity contribution < 1.29 is 43.8 Å². The van der Waals surface area contributed by atoms with Gasteiger partial charge in [0.15, 0.2) is 12.5 Å². The highest BCUT2D eigenvalue weighted by Gasteiger charge is 2.56. The molecule has 2 saturated heterocycles. The van der Waals surface area contributed by atoms with E-state index in [0.29, 0.717) is 12.8 Å². The number of nitrogens with two attached hydrogens (primary N) is 5. The standard InChI is InChI=1S/C18H36FN5O8/c19-11-13(31-16-7(21)2-1-6(4-20)29-16)8(22)3-9(23)14(11)32-17-18(27,28)15(24)12(26)10(5-25)30-17/h6-17,25-28H,1-5,20-24H2/t6-,7+,8-,9+,10+,11+,12+,13+,14-,15-,16+,17+/m0/s1. The lowest BCUT2D eigenvalue weighted by Crippen LogP contribution is -2.72. The topological polar surface area (TPSA) is 248 Å².